The Labute approximate surface area is 90.1 Å². The minimum atomic E-state index is 0.286. The van der Waals surface area contributed by atoms with Crippen LogP contribution in [0.3, 0.4) is 0 Å². The van der Waals surface area contributed by atoms with E-state index in [-0.39, 0.29) is 6.04 Å². The molecule has 0 radical (unpaired) electrons. The van der Waals surface area contributed by atoms with E-state index in [9.17, 15) is 0 Å². The van der Waals surface area contributed by atoms with Crippen molar-refractivity contribution in [3.63, 3.8) is 0 Å². The Morgan fingerprint density at radius 2 is 2.47 bits per heavy atom. The van der Waals surface area contributed by atoms with Crippen LogP contribution < -0.4 is 5.32 Å². The molecule has 15 heavy (non-hydrogen) atoms. The van der Waals surface area contributed by atoms with Crippen molar-refractivity contribution in [1.82, 2.24) is 10.3 Å². The normalized spacial score (nSPS) is 11.4. The molecule has 0 spiro atoms. The fourth-order valence-corrected chi connectivity index (χ4v) is 1.19. The van der Waals surface area contributed by atoms with Gasteiger partial charge < -0.3 is 5.32 Å². The Morgan fingerprint density at radius 3 is 3.13 bits per heavy atom. The third-order valence-corrected chi connectivity index (χ3v) is 2.02. The number of nitrogens with one attached hydrogen (secondary N) is 1. The van der Waals surface area contributed by atoms with Crippen LogP contribution >= 0.6 is 0 Å². The summed E-state index contributed by atoms with van der Waals surface area (Å²) >= 11 is 0. The predicted molar refractivity (Wildman–Crippen MR) is 58.7 cm³/mol. The third kappa shape index (κ3) is 3.81. The first-order valence-electron chi connectivity index (χ1n) is 4.78. The van der Waals surface area contributed by atoms with Crippen molar-refractivity contribution in [3.8, 4) is 18.4 Å². The lowest BCUT2D eigenvalue weighted by molar-refractivity contribution is 0.559. The van der Waals surface area contributed by atoms with Crippen molar-refractivity contribution >= 4 is 0 Å². The molecule has 0 bridgehead atoms. The largest absolute Gasteiger partial charge is 0.309 e. The first-order valence-corrected chi connectivity index (χ1v) is 4.78. The second-order valence-corrected chi connectivity index (χ2v) is 3.35. The van der Waals surface area contributed by atoms with E-state index < -0.39 is 0 Å². The number of aromatic nitrogens is 1. The number of terminal acetylenes is 1. The summed E-state index contributed by atoms with van der Waals surface area (Å²) in [6.07, 6.45) is 7.55. The summed E-state index contributed by atoms with van der Waals surface area (Å²) in [6.45, 7) is 2.74. The van der Waals surface area contributed by atoms with Crippen LogP contribution in [0.25, 0.3) is 0 Å². The van der Waals surface area contributed by atoms with Gasteiger partial charge >= 0.3 is 0 Å². The standard InChI is InChI=1S/C12H13N3/c1-3-4-10(2)15-9-11-5-6-14-12(7-11)8-13/h1,5-7,10,15H,4,9H2,2H3. The SMILES string of the molecule is C#CCC(C)NCc1ccnc(C#N)c1. The van der Waals surface area contributed by atoms with Crippen LogP contribution in [0.15, 0.2) is 18.3 Å². The molecule has 0 saturated heterocycles. The van der Waals surface area contributed by atoms with E-state index >= 15 is 0 Å². The highest BCUT2D eigenvalue weighted by atomic mass is 14.9. The molecule has 1 N–H and O–H groups in total. The molecule has 0 saturated carbocycles. The Bertz CT molecular complexity index is 398. The molecule has 1 rings (SSSR count). The van der Waals surface area contributed by atoms with E-state index in [1.165, 1.54) is 0 Å². The average Bonchev–Trinajstić information content (AvgIpc) is 2.27. The first kappa shape index (κ1) is 11.2. The highest BCUT2D eigenvalue weighted by Crippen LogP contribution is 2.01. The molecule has 0 aromatic carbocycles. The molecule has 1 heterocycles. The van der Waals surface area contributed by atoms with Crippen LogP contribution in [0.5, 0.6) is 0 Å². The van der Waals surface area contributed by atoms with Crippen molar-refractivity contribution in [2.24, 2.45) is 0 Å². The Hall–Kier alpha value is -1.84. The van der Waals surface area contributed by atoms with Crippen LogP contribution in [0.1, 0.15) is 24.6 Å². The molecule has 1 atom stereocenters. The van der Waals surface area contributed by atoms with Gasteiger partial charge in [-0.05, 0) is 24.6 Å². The van der Waals surface area contributed by atoms with Gasteiger partial charge in [0.15, 0.2) is 0 Å². The van der Waals surface area contributed by atoms with Crippen LogP contribution in [-0.4, -0.2) is 11.0 Å². The average molecular weight is 199 g/mol. The zero-order valence-electron chi connectivity index (χ0n) is 8.70. The molecule has 3 nitrogen and oxygen atoms in total. The number of rotatable bonds is 4. The molecule has 76 valence electrons. The fraction of sp³-hybridized carbons (Fsp3) is 0.333. The summed E-state index contributed by atoms with van der Waals surface area (Å²) in [7, 11) is 0. The van der Waals surface area contributed by atoms with E-state index in [4.69, 9.17) is 11.7 Å². The van der Waals surface area contributed by atoms with E-state index in [1.807, 2.05) is 19.1 Å². The van der Waals surface area contributed by atoms with Crippen LogP contribution in [0, 0.1) is 23.7 Å². The summed E-state index contributed by atoms with van der Waals surface area (Å²) in [5.41, 5.74) is 1.49. The Morgan fingerprint density at radius 1 is 1.67 bits per heavy atom. The van der Waals surface area contributed by atoms with Gasteiger partial charge in [0, 0.05) is 25.2 Å². The van der Waals surface area contributed by atoms with E-state index in [2.05, 4.69) is 16.2 Å². The smallest absolute Gasteiger partial charge is 0.140 e. The summed E-state index contributed by atoms with van der Waals surface area (Å²) < 4.78 is 0. The van der Waals surface area contributed by atoms with E-state index in [1.54, 1.807) is 12.3 Å². The van der Waals surface area contributed by atoms with E-state index in [0.29, 0.717) is 18.7 Å². The van der Waals surface area contributed by atoms with Crippen molar-refractivity contribution in [2.45, 2.75) is 25.9 Å². The van der Waals surface area contributed by atoms with Crippen molar-refractivity contribution in [2.75, 3.05) is 0 Å². The van der Waals surface area contributed by atoms with E-state index in [0.717, 1.165) is 5.56 Å². The van der Waals surface area contributed by atoms with Crippen molar-refractivity contribution in [1.29, 1.82) is 5.26 Å². The van der Waals surface area contributed by atoms with Gasteiger partial charge in [0.1, 0.15) is 11.8 Å². The quantitative estimate of drug-likeness (QED) is 0.747. The maximum Gasteiger partial charge on any atom is 0.140 e. The van der Waals surface area contributed by atoms with Crippen LogP contribution in [-0.2, 0) is 6.54 Å². The molecule has 1 aromatic rings. The Kier molecular flexibility index (Phi) is 4.34. The van der Waals surface area contributed by atoms with Gasteiger partial charge in [-0.2, -0.15) is 5.26 Å². The topological polar surface area (TPSA) is 48.7 Å². The molecular weight excluding hydrogens is 186 g/mol. The van der Waals surface area contributed by atoms with Gasteiger partial charge in [-0.3, -0.25) is 0 Å². The lowest BCUT2D eigenvalue weighted by Crippen LogP contribution is -2.24. The number of hydrogen-bond donors (Lipinski definition) is 1. The molecule has 3 heteroatoms. The zero-order chi connectivity index (χ0) is 11.1. The third-order valence-electron chi connectivity index (χ3n) is 2.02. The van der Waals surface area contributed by atoms with Crippen molar-refractivity contribution in [3.05, 3.63) is 29.6 Å². The summed E-state index contributed by atoms with van der Waals surface area (Å²) in [4.78, 5) is 3.90. The van der Waals surface area contributed by atoms with Crippen molar-refractivity contribution < 1.29 is 0 Å². The van der Waals surface area contributed by atoms with Gasteiger partial charge in [0.25, 0.3) is 0 Å². The van der Waals surface area contributed by atoms with Gasteiger partial charge in [-0.25, -0.2) is 4.98 Å². The fourth-order valence-electron chi connectivity index (χ4n) is 1.19. The lowest BCUT2D eigenvalue weighted by atomic mass is 10.2. The first-order chi connectivity index (χ1) is 7.26. The zero-order valence-corrected chi connectivity index (χ0v) is 8.70. The minimum absolute atomic E-state index is 0.286. The van der Waals surface area contributed by atoms with Gasteiger partial charge in [0.2, 0.25) is 0 Å². The maximum atomic E-state index is 8.66. The second kappa shape index (κ2) is 5.80. The van der Waals surface area contributed by atoms with Crippen LogP contribution in [0.2, 0.25) is 0 Å². The molecule has 0 amide bonds. The minimum Gasteiger partial charge on any atom is -0.309 e. The van der Waals surface area contributed by atoms with Gasteiger partial charge in [0.05, 0.1) is 0 Å². The molecule has 0 aliphatic heterocycles. The molecule has 0 aliphatic carbocycles. The van der Waals surface area contributed by atoms with Gasteiger partial charge in [-0.1, -0.05) is 0 Å². The predicted octanol–water partition coefficient (Wildman–Crippen LogP) is 1.45. The molecule has 1 aromatic heterocycles. The summed E-state index contributed by atoms with van der Waals surface area (Å²) in [5.74, 6) is 2.60. The number of nitrogens with zero attached hydrogens (tertiary/aromatic N) is 2. The number of pyridine rings is 1. The highest BCUT2D eigenvalue weighted by Gasteiger charge is 2.00. The Balaban J connectivity index is 2.52. The summed E-state index contributed by atoms with van der Waals surface area (Å²) in [6, 6.07) is 5.95. The van der Waals surface area contributed by atoms with Crippen LogP contribution in [0.4, 0.5) is 0 Å². The molecule has 0 aliphatic rings. The number of hydrogen-bond acceptors (Lipinski definition) is 3. The van der Waals surface area contributed by atoms with Gasteiger partial charge in [-0.15, -0.1) is 12.3 Å². The molecule has 0 fully saturated rings. The second-order valence-electron chi connectivity index (χ2n) is 3.35. The summed E-state index contributed by atoms with van der Waals surface area (Å²) in [5, 5.41) is 11.9. The number of nitriles is 1. The molecular formula is C12H13N3. The molecule has 1 unspecified atom stereocenters. The lowest BCUT2D eigenvalue weighted by Gasteiger charge is -2.10. The monoisotopic (exact) mass is 199 g/mol. The highest BCUT2D eigenvalue weighted by molar-refractivity contribution is 5.25. The maximum absolute atomic E-state index is 8.66.